The normalized spacial score (nSPS) is 20.2. The first-order valence-electron chi connectivity index (χ1n) is 9.61. The van der Waals surface area contributed by atoms with Gasteiger partial charge in [0.1, 0.15) is 0 Å². The summed E-state index contributed by atoms with van der Waals surface area (Å²) in [6.07, 6.45) is 2.06. The lowest BCUT2D eigenvalue weighted by atomic mass is 10.1. The number of likely N-dealkylation sites (tertiary alicyclic amines) is 1. The van der Waals surface area contributed by atoms with Crippen molar-refractivity contribution < 1.29 is 14.5 Å². The van der Waals surface area contributed by atoms with E-state index in [4.69, 9.17) is 0 Å². The van der Waals surface area contributed by atoms with Crippen molar-refractivity contribution in [3.8, 4) is 0 Å². The smallest absolute Gasteiger partial charge is 0.271 e. The van der Waals surface area contributed by atoms with Crippen LogP contribution in [0.4, 0.5) is 11.4 Å². The molecule has 0 aromatic heterocycles. The van der Waals surface area contributed by atoms with E-state index in [0.29, 0.717) is 12.2 Å². The van der Waals surface area contributed by atoms with Crippen LogP contribution in [0.2, 0.25) is 0 Å². The van der Waals surface area contributed by atoms with Crippen LogP contribution < -0.4 is 5.32 Å². The number of hydrogen-bond donors (Lipinski definition) is 1. The molecule has 1 N–H and O–H groups in total. The molecule has 0 aliphatic carbocycles. The lowest BCUT2D eigenvalue weighted by molar-refractivity contribution is -0.384. The molecule has 8 nitrogen and oxygen atoms in total. The second kappa shape index (κ2) is 9.38. The fourth-order valence-corrected chi connectivity index (χ4v) is 4.59. The third-order valence-electron chi connectivity index (χ3n) is 5.30. The second-order valence-electron chi connectivity index (χ2n) is 7.19. The number of carbonyl (C=O) groups is 2. The molecule has 1 atom stereocenters. The second-order valence-corrected chi connectivity index (χ2v) is 8.41. The van der Waals surface area contributed by atoms with Crippen LogP contribution in [-0.2, 0) is 9.59 Å². The zero-order valence-corrected chi connectivity index (χ0v) is 16.9. The molecular weight excluding hydrogens is 380 g/mol. The van der Waals surface area contributed by atoms with Crippen LogP contribution in [0, 0.1) is 17.0 Å². The van der Waals surface area contributed by atoms with E-state index in [1.54, 1.807) is 13.0 Å². The van der Waals surface area contributed by atoms with Crippen molar-refractivity contribution in [3.05, 3.63) is 33.9 Å². The zero-order valence-electron chi connectivity index (χ0n) is 16.1. The highest BCUT2D eigenvalue weighted by atomic mass is 32.2. The number of carbonyl (C=O) groups excluding carboxylic acids is 2. The van der Waals surface area contributed by atoms with Crippen molar-refractivity contribution >= 4 is 35.0 Å². The Kier molecular flexibility index (Phi) is 6.90. The number of aryl methyl sites for hydroxylation is 1. The SMILES string of the molecule is Cc1ccc([N+](=O)[O-])cc1NC(=O)CCN1CCCC1C(=O)N1CCSCC1. The summed E-state index contributed by atoms with van der Waals surface area (Å²) >= 11 is 1.88. The Balaban J connectivity index is 1.54. The first kappa shape index (κ1) is 20.6. The summed E-state index contributed by atoms with van der Waals surface area (Å²) < 4.78 is 0. The number of benzene rings is 1. The number of hydrogen-bond acceptors (Lipinski definition) is 6. The Morgan fingerprint density at radius 1 is 1.29 bits per heavy atom. The molecule has 1 aromatic carbocycles. The number of non-ortho nitro benzene ring substituents is 1. The number of thioether (sulfide) groups is 1. The van der Waals surface area contributed by atoms with Gasteiger partial charge in [-0.15, -0.1) is 0 Å². The average molecular weight is 407 g/mol. The molecule has 1 unspecified atom stereocenters. The highest BCUT2D eigenvalue weighted by molar-refractivity contribution is 7.99. The molecule has 0 saturated carbocycles. The quantitative estimate of drug-likeness (QED) is 0.575. The van der Waals surface area contributed by atoms with Crippen molar-refractivity contribution in [1.29, 1.82) is 0 Å². The lowest BCUT2D eigenvalue weighted by Crippen LogP contribution is -2.48. The van der Waals surface area contributed by atoms with Gasteiger partial charge in [0.2, 0.25) is 11.8 Å². The van der Waals surface area contributed by atoms with Gasteiger partial charge in [-0.1, -0.05) is 6.07 Å². The summed E-state index contributed by atoms with van der Waals surface area (Å²) in [5.74, 6) is 1.97. The van der Waals surface area contributed by atoms with Gasteiger partial charge >= 0.3 is 0 Å². The van der Waals surface area contributed by atoms with E-state index in [1.165, 1.54) is 12.1 Å². The molecule has 2 fully saturated rings. The number of anilines is 1. The largest absolute Gasteiger partial charge is 0.340 e. The van der Waals surface area contributed by atoms with E-state index in [1.807, 2.05) is 16.7 Å². The van der Waals surface area contributed by atoms with Gasteiger partial charge < -0.3 is 10.2 Å². The summed E-state index contributed by atoms with van der Waals surface area (Å²) in [6, 6.07) is 4.30. The predicted octanol–water partition coefficient (Wildman–Crippen LogP) is 2.27. The number of nitro groups is 1. The topological polar surface area (TPSA) is 95.8 Å². The van der Waals surface area contributed by atoms with Crippen molar-refractivity contribution in [2.24, 2.45) is 0 Å². The summed E-state index contributed by atoms with van der Waals surface area (Å²) in [6.45, 7) is 4.74. The Morgan fingerprint density at radius 3 is 2.75 bits per heavy atom. The number of nitrogens with one attached hydrogen (secondary N) is 1. The lowest BCUT2D eigenvalue weighted by Gasteiger charge is -2.32. The van der Waals surface area contributed by atoms with Gasteiger partial charge in [0.05, 0.1) is 16.7 Å². The van der Waals surface area contributed by atoms with Crippen LogP contribution in [-0.4, -0.2) is 70.3 Å². The Bertz CT molecular complexity index is 751. The van der Waals surface area contributed by atoms with E-state index >= 15 is 0 Å². The minimum Gasteiger partial charge on any atom is -0.340 e. The molecule has 1 aromatic rings. The van der Waals surface area contributed by atoms with E-state index < -0.39 is 4.92 Å². The summed E-state index contributed by atoms with van der Waals surface area (Å²) in [5, 5.41) is 13.7. The maximum atomic E-state index is 12.8. The molecule has 0 bridgehead atoms. The van der Waals surface area contributed by atoms with Gasteiger partial charge in [-0.2, -0.15) is 11.8 Å². The Labute approximate surface area is 168 Å². The number of rotatable bonds is 6. The molecule has 2 saturated heterocycles. The Hall–Kier alpha value is -2.13. The molecular formula is C19H26N4O4S. The third-order valence-corrected chi connectivity index (χ3v) is 6.25. The average Bonchev–Trinajstić information content (AvgIpc) is 3.16. The molecule has 28 heavy (non-hydrogen) atoms. The molecule has 152 valence electrons. The van der Waals surface area contributed by atoms with Crippen LogP contribution >= 0.6 is 11.8 Å². The molecule has 2 aliphatic rings. The van der Waals surface area contributed by atoms with E-state index in [-0.39, 0.29) is 30.0 Å². The predicted molar refractivity (Wildman–Crippen MR) is 110 cm³/mol. The maximum Gasteiger partial charge on any atom is 0.271 e. The molecule has 0 radical (unpaired) electrons. The number of nitrogens with zero attached hydrogens (tertiary/aromatic N) is 3. The van der Waals surface area contributed by atoms with Crippen LogP contribution in [0.15, 0.2) is 18.2 Å². The zero-order chi connectivity index (χ0) is 20.1. The number of amides is 2. The van der Waals surface area contributed by atoms with E-state index in [9.17, 15) is 19.7 Å². The van der Waals surface area contributed by atoms with Crippen LogP contribution in [0.25, 0.3) is 0 Å². The third kappa shape index (κ3) is 5.02. The molecule has 3 rings (SSSR count). The monoisotopic (exact) mass is 406 g/mol. The minimum absolute atomic E-state index is 0.0502. The minimum atomic E-state index is -0.478. The van der Waals surface area contributed by atoms with E-state index in [0.717, 1.165) is 49.5 Å². The van der Waals surface area contributed by atoms with Crippen molar-refractivity contribution in [2.45, 2.75) is 32.2 Å². The molecule has 2 heterocycles. The fraction of sp³-hybridized carbons (Fsp3) is 0.579. The highest BCUT2D eigenvalue weighted by Gasteiger charge is 2.34. The summed E-state index contributed by atoms with van der Waals surface area (Å²) in [7, 11) is 0. The first-order chi connectivity index (χ1) is 13.5. The van der Waals surface area contributed by atoms with Crippen LogP contribution in [0.1, 0.15) is 24.8 Å². The number of nitro benzene ring substituents is 1. The summed E-state index contributed by atoms with van der Waals surface area (Å²) in [4.78, 5) is 39.7. The van der Waals surface area contributed by atoms with Crippen molar-refractivity contribution in [2.75, 3.05) is 43.0 Å². The van der Waals surface area contributed by atoms with Gasteiger partial charge in [-0.25, -0.2) is 0 Å². The van der Waals surface area contributed by atoms with Crippen LogP contribution in [0.3, 0.4) is 0 Å². The van der Waals surface area contributed by atoms with Gasteiger partial charge in [-0.3, -0.25) is 24.6 Å². The van der Waals surface area contributed by atoms with Gasteiger partial charge in [-0.05, 0) is 31.9 Å². The standard InChI is InChI=1S/C19H26N4O4S/c1-14-4-5-15(23(26)27)13-16(14)20-18(24)6-8-21-7-2-3-17(21)19(25)22-9-11-28-12-10-22/h4-5,13,17H,2-3,6-12H2,1H3,(H,20,24). The first-order valence-corrected chi connectivity index (χ1v) is 10.8. The molecule has 9 heteroatoms. The highest BCUT2D eigenvalue weighted by Crippen LogP contribution is 2.23. The molecule has 2 aliphatic heterocycles. The van der Waals surface area contributed by atoms with Gasteiger partial charge in [0, 0.05) is 49.7 Å². The van der Waals surface area contributed by atoms with Crippen molar-refractivity contribution in [3.63, 3.8) is 0 Å². The Morgan fingerprint density at radius 2 is 2.04 bits per heavy atom. The fourth-order valence-electron chi connectivity index (χ4n) is 3.68. The summed E-state index contributed by atoms with van der Waals surface area (Å²) in [5.41, 5.74) is 1.18. The van der Waals surface area contributed by atoms with Crippen molar-refractivity contribution in [1.82, 2.24) is 9.80 Å². The van der Waals surface area contributed by atoms with Gasteiger partial charge in [0.25, 0.3) is 5.69 Å². The molecule has 0 spiro atoms. The van der Waals surface area contributed by atoms with Crippen LogP contribution in [0.5, 0.6) is 0 Å². The maximum absolute atomic E-state index is 12.8. The molecule has 2 amide bonds. The van der Waals surface area contributed by atoms with E-state index in [2.05, 4.69) is 10.2 Å². The van der Waals surface area contributed by atoms with Gasteiger partial charge in [0.15, 0.2) is 0 Å².